The lowest BCUT2D eigenvalue weighted by molar-refractivity contribution is -0.148. The molecule has 1 saturated carbocycles. The van der Waals surface area contributed by atoms with Crippen molar-refractivity contribution in [1.29, 1.82) is 0 Å². The molecule has 0 aromatic rings. The van der Waals surface area contributed by atoms with Crippen molar-refractivity contribution in [2.45, 2.75) is 51.7 Å². The Labute approximate surface area is 79.1 Å². The molecule has 3 heteroatoms. The molecule has 3 nitrogen and oxygen atoms in total. The van der Waals surface area contributed by atoms with E-state index >= 15 is 0 Å². The first-order valence-corrected chi connectivity index (χ1v) is 4.95. The standard InChI is InChI=1S/C10H18O3/c1-7(2)13-10(12)6-8-3-4-9(11)5-8/h7-9,11H,3-6H2,1-2H3. The summed E-state index contributed by atoms with van der Waals surface area (Å²) in [4.78, 5) is 11.2. The molecule has 0 radical (unpaired) electrons. The summed E-state index contributed by atoms with van der Waals surface area (Å²) in [5, 5.41) is 9.24. The van der Waals surface area contributed by atoms with E-state index in [0.29, 0.717) is 12.3 Å². The molecule has 0 spiro atoms. The minimum Gasteiger partial charge on any atom is -0.463 e. The molecule has 1 fully saturated rings. The van der Waals surface area contributed by atoms with E-state index in [4.69, 9.17) is 4.74 Å². The Bertz CT molecular complexity index is 177. The molecular formula is C10H18O3. The van der Waals surface area contributed by atoms with Crippen molar-refractivity contribution in [1.82, 2.24) is 0 Å². The molecule has 2 atom stereocenters. The lowest BCUT2D eigenvalue weighted by Gasteiger charge is -2.11. The van der Waals surface area contributed by atoms with Gasteiger partial charge in [0.25, 0.3) is 0 Å². The van der Waals surface area contributed by atoms with Crippen molar-refractivity contribution in [3.63, 3.8) is 0 Å². The molecule has 1 aliphatic carbocycles. The van der Waals surface area contributed by atoms with E-state index in [2.05, 4.69) is 0 Å². The van der Waals surface area contributed by atoms with Gasteiger partial charge in [-0.15, -0.1) is 0 Å². The van der Waals surface area contributed by atoms with Gasteiger partial charge in [-0.3, -0.25) is 4.79 Å². The molecule has 0 aromatic heterocycles. The topological polar surface area (TPSA) is 46.5 Å². The van der Waals surface area contributed by atoms with Crippen LogP contribution in [0.25, 0.3) is 0 Å². The number of esters is 1. The van der Waals surface area contributed by atoms with E-state index in [1.165, 1.54) is 0 Å². The van der Waals surface area contributed by atoms with Crippen LogP contribution in [0.15, 0.2) is 0 Å². The van der Waals surface area contributed by atoms with Gasteiger partial charge in [0, 0.05) is 6.42 Å². The summed E-state index contributed by atoms with van der Waals surface area (Å²) in [6.45, 7) is 3.70. The van der Waals surface area contributed by atoms with E-state index in [9.17, 15) is 9.90 Å². The highest BCUT2D eigenvalue weighted by molar-refractivity contribution is 5.69. The second-order valence-electron chi connectivity index (χ2n) is 4.08. The summed E-state index contributed by atoms with van der Waals surface area (Å²) < 4.78 is 5.03. The fraction of sp³-hybridized carbons (Fsp3) is 0.900. The highest BCUT2D eigenvalue weighted by Gasteiger charge is 2.25. The molecule has 1 N–H and O–H groups in total. The van der Waals surface area contributed by atoms with E-state index in [1.807, 2.05) is 13.8 Å². The van der Waals surface area contributed by atoms with Gasteiger partial charge in [0.1, 0.15) is 0 Å². The van der Waals surface area contributed by atoms with Gasteiger partial charge >= 0.3 is 5.97 Å². The third-order valence-corrected chi connectivity index (χ3v) is 2.34. The first-order valence-electron chi connectivity index (χ1n) is 4.95. The van der Waals surface area contributed by atoms with Crippen LogP contribution in [-0.2, 0) is 9.53 Å². The van der Waals surface area contributed by atoms with Gasteiger partial charge in [0.2, 0.25) is 0 Å². The monoisotopic (exact) mass is 186 g/mol. The predicted molar refractivity (Wildman–Crippen MR) is 49.2 cm³/mol. The molecule has 13 heavy (non-hydrogen) atoms. The first kappa shape index (κ1) is 10.5. The van der Waals surface area contributed by atoms with Crippen LogP contribution in [0, 0.1) is 5.92 Å². The van der Waals surface area contributed by atoms with Crippen molar-refractivity contribution in [2.75, 3.05) is 0 Å². The van der Waals surface area contributed by atoms with Crippen LogP contribution >= 0.6 is 0 Å². The van der Waals surface area contributed by atoms with Gasteiger partial charge in [-0.1, -0.05) is 0 Å². The normalized spacial score (nSPS) is 28.0. The van der Waals surface area contributed by atoms with E-state index in [-0.39, 0.29) is 18.2 Å². The Morgan fingerprint density at radius 1 is 1.54 bits per heavy atom. The van der Waals surface area contributed by atoms with Crippen LogP contribution < -0.4 is 0 Å². The fourth-order valence-corrected chi connectivity index (χ4v) is 1.78. The minimum atomic E-state index is -0.197. The zero-order chi connectivity index (χ0) is 9.84. The van der Waals surface area contributed by atoms with Gasteiger partial charge in [-0.25, -0.2) is 0 Å². The largest absolute Gasteiger partial charge is 0.463 e. The van der Waals surface area contributed by atoms with E-state index in [1.54, 1.807) is 0 Å². The Hall–Kier alpha value is -0.570. The third-order valence-electron chi connectivity index (χ3n) is 2.34. The molecule has 76 valence electrons. The van der Waals surface area contributed by atoms with Crippen LogP contribution in [0.4, 0.5) is 0 Å². The maximum absolute atomic E-state index is 11.2. The summed E-state index contributed by atoms with van der Waals surface area (Å²) in [5.74, 6) is 0.204. The number of aliphatic hydroxyl groups excluding tert-OH is 1. The molecule has 0 bridgehead atoms. The number of hydrogen-bond acceptors (Lipinski definition) is 3. The maximum Gasteiger partial charge on any atom is 0.306 e. The first-order chi connectivity index (χ1) is 6.08. The second kappa shape index (κ2) is 4.61. The van der Waals surface area contributed by atoms with Crippen molar-refractivity contribution in [2.24, 2.45) is 5.92 Å². The minimum absolute atomic E-state index is 0.0289. The quantitative estimate of drug-likeness (QED) is 0.679. The van der Waals surface area contributed by atoms with Crippen molar-refractivity contribution >= 4 is 5.97 Å². The number of ether oxygens (including phenoxy) is 1. The molecule has 0 saturated heterocycles. The Balaban J connectivity index is 2.21. The van der Waals surface area contributed by atoms with Crippen LogP contribution in [0.3, 0.4) is 0 Å². The zero-order valence-corrected chi connectivity index (χ0v) is 8.32. The Kier molecular flexibility index (Phi) is 3.72. The summed E-state index contributed by atoms with van der Waals surface area (Å²) in [7, 11) is 0. The van der Waals surface area contributed by atoms with E-state index in [0.717, 1.165) is 19.3 Å². The van der Waals surface area contributed by atoms with Crippen LogP contribution in [0.1, 0.15) is 39.5 Å². The highest BCUT2D eigenvalue weighted by Crippen LogP contribution is 2.28. The van der Waals surface area contributed by atoms with Gasteiger partial charge in [0.15, 0.2) is 0 Å². The van der Waals surface area contributed by atoms with Crippen molar-refractivity contribution in [3.8, 4) is 0 Å². The van der Waals surface area contributed by atoms with E-state index < -0.39 is 0 Å². The number of rotatable bonds is 3. The summed E-state index contributed by atoms with van der Waals surface area (Å²) in [6, 6.07) is 0. The fourth-order valence-electron chi connectivity index (χ4n) is 1.78. The average Bonchev–Trinajstić information content (AvgIpc) is 2.33. The molecule has 2 unspecified atom stereocenters. The van der Waals surface area contributed by atoms with Crippen molar-refractivity contribution in [3.05, 3.63) is 0 Å². The second-order valence-corrected chi connectivity index (χ2v) is 4.08. The van der Waals surface area contributed by atoms with Gasteiger partial charge in [-0.05, 0) is 39.0 Å². The third kappa shape index (κ3) is 3.77. The van der Waals surface area contributed by atoms with Crippen LogP contribution in [-0.4, -0.2) is 23.3 Å². The number of aliphatic hydroxyl groups is 1. The smallest absolute Gasteiger partial charge is 0.306 e. The predicted octanol–water partition coefficient (Wildman–Crippen LogP) is 1.49. The maximum atomic E-state index is 11.2. The van der Waals surface area contributed by atoms with Gasteiger partial charge in [-0.2, -0.15) is 0 Å². The highest BCUT2D eigenvalue weighted by atomic mass is 16.5. The van der Waals surface area contributed by atoms with Gasteiger partial charge < -0.3 is 9.84 Å². The Morgan fingerprint density at radius 2 is 2.23 bits per heavy atom. The van der Waals surface area contributed by atoms with Crippen LogP contribution in [0.5, 0.6) is 0 Å². The van der Waals surface area contributed by atoms with Crippen LogP contribution in [0.2, 0.25) is 0 Å². The molecule has 0 heterocycles. The average molecular weight is 186 g/mol. The number of carbonyl (C=O) groups excluding carboxylic acids is 1. The van der Waals surface area contributed by atoms with Crippen molar-refractivity contribution < 1.29 is 14.6 Å². The molecule has 0 aromatic carbocycles. The molecule has 1 rings (SSSR count). The number of hydrogen-bond donors (Lipinski definition) is 1. The SMILES string of the molecule is CC(C)OC(=O)CC1CCC(O)C1. The Morgan fingerprint density at radius 3 is 2.69 bits per heavy atom. The molecule has 0 amide bonds. The molecular weight excluding hydrogens is 168 g/mol. The summed E-state index contributed by atoms with van der Waals surface area (Å²) in [5.41, 5.74) is 0. The lowest BCUT2D eigenvalue weighted by atomic mass is 10.0. The zero-order valence-electron chi connectivity index (χ0n) is 8.32. The summed E-state index contributed by atoms with van der Waals surface area (Å²) in [6.07, 6.45) is 2.78. The number of carbonyl (C=O) groups is 1. The summed E-state index contributed by atoms with van der Waals surface area (Å²) >= 11 is 0. The molecule has 1 aliphatic rings. The lowest BCUT2D eigenvalue weighted by Crippen LogP contribution is -2.14. The van der Waals surface area contributed by atoms with Gasteiger partial charge in [0.05, 0.1) is 12.2 Å². The molecule has 0 aliphatic heterocycles.